The lowest BCUT2D eigenvalue weighted by atomic mass is 10.0. The van der Waals surface area contributed by atoms with Crippen LogP contribution in [-0.2, 0) is 30.9 Å². The Hall–Kier alpha value is -3.44. The Bertz CT molecular complexity index is 1400. The predicted octanol–water partition coefficient (Wildman–Crippen LogP) is 4.04. The monoisotopic (exact) mass is 599 g/mol. The highest BCUT2D eigenvalue weighted by molar-refractivity contribution is 7.89. The standard InChI is InChI=1S/C30H34ClN3O6S/c1-2-16-32-30(36)29(24-6-4-3-5-7-24)34(21-23-8-10-25(31)11-9-23)28(35)22-40-26-12-14-27(15-13-26)41(37,38)33-17-19-39-20-18-33/h3-15,29H,2,16-22H2,1H3,(H,32,36)/t29-/m0/s1. The minimum Gasteiger partial charge on any atom is -0.484 e. The summed E-state index contributed by atoms with van der Waals surface area (Å²) in [7, 11) is -3.65. The largest absolute Gasteiger partial charge is 0.484 e. The molecule has 2 amide bonds. The number of rotatable bonds is 12. The number of morpholine rings is 1. The topological polar surface area (TPSA) is 105 Å². The molecule has 1 aliphatic heterocycles. The molecule has 0 aromatic heterocycles. The molecule has 1 N–H and O–H groups in total. The summed E-state index contributed by atoms with van der Waals surface area (Å²) in [5, 5.41) is 3.48. The summed E-state index contributed by atoms with van der Waals surface area (Å²) in [5.41, 5.74) is 1.46. The molecule has 11 heteroatoms. The van der Waals surface area contributed by atoms with Gasteiger partial charge in [-0.15, -0.1) is 0 Å². The molecule has 1 aliphatic rings. The minimum absolute atomic E-state index is 0.138. The van der Waals surface area contributed by atoms with Crippen LogP contribution in [0.3, 0.4) is 0 Å². The zero-order valence-electron chi connectivity index (χ0n) is 22.9. The first-order valence-corrected chi connectivity index (χ1v) is 15.3. The van der Waals surface area contributed by atoms with Gasteiger partial charge in [-0.2, -0.15) is 4.31 Å². The first-order valence-electron chi connectivity index (χ1n) is 13.5. The van der Waals surface area contributed by atoms with Crippen LogP contribution in [0.15, 0.2) is 83.8 Å². The fourth-order valence-corrected chi connectivity index (χ4v) is 5.97. The van der Waals surface area contributed by atoms with Gasteiger partial charge in [0.15, 0.2) is 6.61 Å². The van der Waals surface area contributed by atoms with E-state index in [0.717, 1.165) is 12.0 Å². The second-order valence-corrected chi connectivity index (χ2v) is 11.9. The van der Waals surface area contributed by atoms with Gasteiger partial charge in [-0.3, -0.25) is 9.59 Å². The van der Waals surface area contributed by atoms with Crippen molar-refractivity contribution in [2.24, 2.45) is 0 Å². The van der Waals surface area contributed by atoms with Gasteiger partial charge in [-0.1, -0.05) is 61.0 Å². The van der Waals surface area contributed by atoms with Gasteiger partial charge in [-0.05, 0) is 53.9 Å². The second-order valence-electron chi connectivity index (χ2n) is 9.53. The molecule has 0 spiro atoms. The number of nitrogens with zero attached hydrogens (tertiary/aromatic N) is 2. The molecule has 1 atom stereocenters. The molecule has 4 rings (SSSR count). The van der Waals surface area contributed by atoms with E-state index in [1.165, 1.54) is 33.5 Å². The van der Waals surface area contributed by atoms with E-state index in [9.17, 15) is 18.0 Å². The zero-order chi connectivity index (χ0) is 29.2. The van der Waals surface area contributed by atoms with E-state index in [2.05, 4.69) is 5.32 Å². The Morgan fingerprint density at radius 2 is 1.66 bits per heavy atom. The SMILES string of the molecule is CCCNC(=O)[C@H](c1ccccc1)N(Cc1ccc(Cl)cc1)C(=O)COc1ccc(S(=O)(=O)N2CCOCC2)cc1. The first-order chi connectivity index (χ1) is 19.8. The highest BCUT2D eigenvalue weighted by atomic mass is 35.5. The quantitative estimate of drug-likeness (QED) is 0.337. The van der Waals surface area contributed by atoms with Gasteiger partial charge in [-0.25, -0.2) is 8.42 Å². The van der Waals surface area contributed by atoms with Crippen LogP contribution in [0.5, 0.6) is 5.75 Å². The maximum Gasteiger partial charge on any atom is 0.261 e. The number of sulfonamides is 1. The van der Waals surface area contributed by atoms with Crippen molar-refractivity contribution in [3.8, 4) is 5.75 Å². The summed E-state index contributed by atoms with van der Waals surface area (Å²) >= 11 is 6.07. The highest BCUT2D eigenvalue weighted by Gasteiger charge is 2.32. The Morgan fingerprint density at radius 1 is 1.00 bits per heavy atom. The van der Waals surface area contributed by atoms with Crippen molar-refractivity contribution in [2.45, 2.75) is 30.8 Å². The average molecular weight is 600 g/mol. The van der Waals surface area contributed by atoms with Crippen molar-refractivity contribution in [3.05, 3.63) is 95.0 Å². The van der Waals surface area contributed by atoms with E-state index in [-0.39, 0.29) is 24.0 Å². The van der Waals surface area contributed by atoms with E-state index in [4.69, 9.17) is 21.1 Å². The van der Waals surface area contributed by atoms with E-state index >= 15 is 0 Å². The minimum atomic E-state index is -3.65. The fraction of sp³-hybridized carbons (Fsp3) is 0.333. The van der Waals surface area contributed by atoms with Gasteiger partial charge in [0.05, 0.1) is 18.1 Å². The lowest BCUT2D eigenvalue weighted by Crippen LogP contribution is -2.45. The van der Waals surface area contributed by atoms with Crippen LogP contribution in [0.2, 0.25) is 5.02 Å². The number of halogens is 1. The maximum atomic E-state index is 13.7. The third-order valence-electron chi connectivity index (χ3n) is 6.60. The van der Waals surface area contributed by atoms with Crippen LogP contribution in [0.4, 0.5) is 0 Å². The Morgan fingerprint density at radius 3 is 2.29 bits per heavy atom. The number of hydrogen-bond donors (Lipinski definition) is 1. The lowest BCUT2D eigenvalue weighted by Gasteiger charge is -2.31. The molecule has 3 aromatic carbocycles. The van der Waals surface area contributed by atoms with Crippen molar-refractivity contribution < 1.29 is 27.5 Å². The molecule has 0 aliphatic carbocycles. The van der Waals surface area contributed by atoms with Crippen molar-refractivity contribution in [3.63, 3.8) is 0 Å². The highest BCUT2D eigenvalue weighted by Crippen LogP contribution is 2.26. The molecule has 1 fully saturated rings. The van der Waals surface area contributed by atoms with Crippen LogP contribution in [0, 0.1) is 0 Å². The van der Waals surface area contributed by atoms with Crippen molar-refractivity contribution in [2.75, 3.05) is 39.5 Å². The molecule has 9 nitrogen and oxygen atoms in total. The number of amides is 2. The van der Waals surface area contributed by atoms with Crippen molar-refractivity contribution in [1.82, 2.24) is 14.5 Å². The Kier molecular flexibility index (Phi) is 10.8. The summed E-state index contributed by atoms with van der Waals surface area (Å²) in [5.74, 6) is -0.374. The first kappa shape index (κ1) is 30.5. The van der Waals surface area contributed by atoms with Gasteiger partial charge in [0, 0.05) is 31.2 Å². The van der Waals surface area contributed by atoms with E-state index in [1.54, 1.807) is 12.1 Å². The third kappa shape index (κ3) is 8.07. The van der Waals surface area contributed by atoms with Crippen molar-refractivity contribution >= 4 is 33.4 Å². The summed E-state index contributed by atoms with van der Waals surface area (Å²) in [6.45, 7) is 3.54. The molecular formula is C30H34ClN3O6S. The van der Waals surface area contributed by atoms with Gasteiger partial charge in [0.2, 0.25) is 15.9 Å². The molecule has 0 bridgehead atoms. The average Bonchev–Trinajstić information content (AvgIpc) is 3.00. The third-order valence-corrected chi connectivity index (χ3v) is 8.77. The molecule has 0 radical (unpaired) electrons. The van der Waals surface area contributed by atoms with Crippen molar-refractivity contribution in [1.29, 1.82) is 0 Å². The number of nitrogens with one attached hydrogen (secondary N) is 1. The smallest absolute Gasteiger partial charge is 0.261 e. The fourth-order valence-electron chi connectivity index (χ4n) is 4.43. The summed E-state index contributed by atoms with van der Waals surface area (Å²) in [4.78, 5) is 28.7. The van der Waals surface area contributed by atoms with Crippen LogP contribution >= 0.6 is 11.6 Å². The number of carbonyl (C=O) groups is 2. The molecular weight excluding hydrogens is 566 g/mol. The zero-order valence-corrected chi connectivity index (χ0v) is 24.4. The lowest BCUT2D eigenvalue weighted by molar-refractivity contribution is -0.143. The summed E-state index contributed by atoms with van der Waals surface area (Å²) in [6, 6.07) is 21.3. The molecule has 41 heavy (non-hydrogen) atoms. The Labute approximate surface area is 246 Å². The molecule has 1 saturated heterocycles. The van der Waals surface area contributed by atoms with E-state index in [0.29, 0.717) is 49.2 Å². The number of ether oxygens (including phenoxy) is 2. The molecule has 1 heterocycles. The van der Waals surface area contributed by atoms with E-state index in [1.807, 2.05) is 49.4 Å². The van der Waals surface area contributed by atoms with Crippen LogP contribution < -0.4 is 10.1 Å². The number of carbonyl (C=O) groups excluding carboxylic acids is 2. The number of benzene rings is 3. The van der Waals surface area contributed by atoms with Crippen LogP contribution in [0.25, 0.3) is 0 Å². The van der Waals surface area contributed by atoms with Crippen LogP contribution in [-0.4, -0.2) is 68.9 Å². The molecule has 0 saturated carbocycles. The van der Waals surface area contributed by atoms with Gasteiger partial charge >= 0.3 is 0 Å². The molecule has 218 valence electrons. The van der Waals surface area contributed by atoms with Gasteiger partial charge in [0.25, 0.3) is 5.91 Å². The van der Waals surface area contributed by atoms with Crippen LogP contribution in [0.1, 0.15) is 30.5 Å². The maximum absolute atomic E-state index is 13.7. The predicted molar refractivity (Wildman–Crippen MR) is 156 cm³/mol. The normalized spacial score (nSPS) is 14.7. The van der Waals surface area contributed by atoms with Gasteiger partial charge < -0.3 is 19.7 Å². The van der Waals surface area contributed by atoms with Gasteiger partial charge in [0.1, 0.15) is 11.8 Å². The summed E-state index contributed by atoms with van der Waals surface area (Å²) in [6.07, 6.45) is 0.749. The van der Waals surface area contributed by atoms with E-state index < -0.39 is 22.0 Å². The summed E-state index contributed by atoms with van der Waals surface area (Å²) < 4.78 is 38.3. The molecule has 0 unspecified atom stereocenters. The number of hydrogen-bond acceptors (Lipinski definition) is 6. The Balaban J connectivity index is 1.54. The molecule has 3 aromatic rings. The second kappa shape index (κ2) is 14.5.